The number of para-hydroxylation sites is 10. The van der Waals surface area contributed by atoms with E-state index in [0.717, 1.165) is 199 Å². The number of fused-ring (bicyclic) bond motifs is 22. The van der Waals surface area contributed by atoms with Gasteiger partial charge >= 0.3 is 0 Å². The minimum Gasteiger partial charge on any atom is -0.309 e. The highest BCUT2D eigenvalue weighted by Gasteiger charge is 2.29. The number of benzene rings is 18. The maximum atomic E-state index is 5.67. The molecule has 18 aromatic carbocycles. The molecule has 614 valence electrons. The third-order valence-electron chi connectivity index (χ3n) is 27.3. The number of aromatic nitrogens is 13. The molecule has 9 aromatic heterocycles. The second-order valence-electron chi connectivity index (χ2n) is 34.4. The van der Waals surface area contributed by atoms with Crippen molar-refractivity contribution < 1.29 is 0 Å². The highest BCUT2D eigenvalue weighted by Crippen LogP contribution is 2.48. The second-order valence-corrected chi connectivity index (χ2v) is 34.4. The van der Waals surface area contributed by atoms with Crippen LogP contribution >= 0.6 is 0 Å². The number of hydrogen-bond donors (Lipinski definition) is 0. The van der Waals surface area contributed by atoms with Gasteiger partial charge in [-0.15, -0.1) is 0 Å². The fourth-order valence-corrected chi connectivity index (χ4v) is 21.2. The van der Waals surface area contributed by atoms with Crippen molar-refractivity contribution in [3.63, 3.8) is 0 Å². The highest BCUT2D eigenvalue weighted by molar-refractivity contribution is 6.27. The van der Waals surface area contributed by atoms with Crippen molar-refractivity contribution in [3.8, 4) is 85.9 Å². The van der Waals surface area contributed by atoms with E-state index < -0.39 is 0 Å². The number of hydrogen-bond acceptors (Lipinski definition) is 6. The molecule has 13 nitrogen and oxygen atoms in total. The van der Waals surface area contributed by atoms with E-state index in [1.54, 1.807) is 0 Å². The molecule has 0 saturated carbocycles. The Kier molecular flexibility index (Phi) is 16.4. The van der Waals surface area contributed by atoms with Crippen LogP contribution in [-0.4, -0.2) is 61.9 Å². The van der Waals surface area contributed by atoms with Crippen LogP contribution < -0.4 is 0 Å². The van der Waals surface area contributed by atoms with Crippen molar-refractivity contribution in [2.24, 2.45) is 0 Å². The molecule has 27 rings (SSSR count). The SMILES string of the molecule is CCc1ccc(-c2nc(-c3ccc(C(C)c4ccc(-n5c6ccccc6c6c(-n7c8ccccc8c8cc9c(cc87)c7ccccc7n9-c7nc(-c8ccc9c(c8)c8ccccc8n9-c8ccccc8)nc(-c8ccc9c(c8)c8ccccc8n9-c8ccccc8)n7)cccc65)cc4)cc3)nc(-n3c4ccccc4c4c3ccc3c5ccccc5n(-c5ccccc5)c34)n2)cc1. The number of aryl methyl sites for hydroxylation is 1. The van der Waals surface area contributed by atoms with Crippen LogP contribution in [0.5, 0.6) is 0 Å². The molecule has 0 fully saturated rings. The summed E-state index contributed by atoms with van der Waals surface area (Å²) in [5.41, 5.74) is 27.8. The van der Waals surface area contributed by atoms with E-state index in [0.29, 0.717) is 35.2 Å². The van der Waals surface area contributed by atoms with Crippen LogP contribution in [-0.2, 0) is 6.42 Å². The lowest BCUT2D eigenvalue weighted by Gasteiger charge is -2.15. The van der Waals surface area contributed by atoms with E-state index in [1.807, 2.05) is 0 Å². The molecule has 27 aromatic rings. The summed E-state index contributed by atoms with van der Waals surface area (Å²) in [6, 6.07) is 149. The van der Waals surface area contributed by atoms with E-state index in [9.17, 15) is 0 Å². The summed E-state index contributed by atoms with van der Waals surface area (Å²) in [6.07, 6.45) is 0.930. The zero-order valence-corrected chi connectivity index (χ0v) is 71.4. The summed E-state index contributed by atoms with van der Waals surface area (Å²) < 4.78 is 16.6. The van der Waals surface area contributed by atoms with Crippen molar-refractivity contribution in [1.82, 2.24) is 61.9 Å². The molecule has 13 heteroatoms. The van der Waals surface area contributed by atoms with Crippen molar-refractivity contribution in [2.75, 3.05) is 0 Å². The standard InChI is InChI=1S/C118H77N13/c1-3-73-50-52-76(53-51-73)113-119-114(122-117(121-113)130-102-47-26-19-40-91(102)111-107(130)67-64-89-84-34-13-22-43-98(84)128(112(89)111)82-32-11-6-12-33-82)77-56-54-74(55-57-77)72(2)75-58-62-83(63-59-75)127-101-46-25-18-39-90(101)110-105(127)48-27-49-106(110)129-99-44-23-16-37-87(99)94-71-109-95(70-108(94)129)88-38-17-24-45-100(88)131(109)118-123-115(78-60-65-103-92(68-78)85-35-14-20-41-96(85)125(103)80-28-7-4-8-29-80)120-116(124-118)79-61-66-104-93(69-79)86-36-15-21-42-97(86)126(104)81-30-9-5-10-31-81/h4-72H,3H2,1-2H3. The maximum Gasteiger partial charge on any atom is 0.238 e. The first-order valence-electron chi connectivity index (χ1n) is 44.9. The van der Waals surface area contributed by atoms with Gasteiger partial charge in [-0.1, -0.05) is 269 Å². The topological polar surface area (TPSA) is 112 Å². The molecule has 0 aliphatic rings. The molecular formula is C118H77N13. The van der Waals surface area contributed by atoms with E-state index in [2.05, 4.69) is 458 Å². The van der Waals surface area contributed by atoms with Crippen molar-refractivity contribution in [2.45, 2.75) is 26.2 Å². The van der Waals surface area contributed by atoms with E-state index in [-0.39, 0.29) is 5.92 Å². The van der Waals surface area contributed by atoms with Gasteiger partial charge in [0.05, 0.1) is 82.9 Å². The van der Waals surface area contributed by atoms with E-state index in [4.69, 9.17) is 29.9 Å². The lowest BCUT2D eigenvalue weighted by atomic mass is 9.92. The quantitative estimate of drug-likeness (QED) is 0.107. The summed E-state index contributed by atoms with van der Waals surface area (Å²) in [4.78, 5) is 33.1. The van der Waals surface area contributed by atoms with Gasteiger partial charge in [0.2, 0.25) is 11.9 Å². The van der Waals surface area contributed by atoms with Crippen molar-refractivity contribution in [3.05, 3.63) is 429 Å². The first-order valence-corrected chi connectivity index (χ1v) is 44.9. The van der Waals surface area contributed by atoms with Crippen LogP contribution in [0.3, 0.4) is 0 Å². The van der Waals surface area contributed by atoms with Crippen molar-refractivity contribution in [1.29, 1.82) is 0 Å². The molecule has 1 atom stereocenters. The fraction of sp³-hybridized carbons (Fsp3) is 0.0339. The van der Waals surface area contributed by atoms with Gasteiger partial charge in [0.25, 0.3) is 0 Å². The zero-order chi connectivity index (χ0) is 86.2. The van der Waals surface area contributed by atoms with Crippen LogP contribution in [0.4, 0.5) is 0 Å². The minimum absolute atomic E-state index is 0.0531. The summed E-state index contributed by atoms with van der Waals surface area (Å²) in [6.45, 7) is 4.48. The number of rotatable bonds is 14. The van der Waals surface area contributed by atoms with Crippen LogP contribution in [0.2, 0.25) is 0 Å². The Bertz CT molecular complexity index is 9220. The molecule has 0 spiro atoms. The van der Waals surface area contributed by atoms with Gasteiger partial charge in [0.1, 0.15) is 0 Å². The first kappa shape index (κ1) is 73.9. The Morgan fingerprint density at radius 2 is 0.519 bits per heavy atom. The molecule has 0 bridgehead atoms. The molecule has 0 amide bonds. The summed E-state index contributed by atoms with van der Waals surface area (Å²) in [5.74, 6) is 3.47. The summed E-state index contributed by atoms with van der Waals surface area (Å²) >= 11 is 0. The predicted molar refractivity (Wildman–Crippen MR) is 539 cm³/mol. The Morgan fingerprint density at radius 3 is 1.01 bits per heavy atom. The lowest BCUT2D eigenvalue weighted by molar-refractivity contribution is 0.919. The van der Waals surface area contributed by atoms with Crippen LogP contribution in [0, 0.1) is 0 Å². The predicted octanol–water partition coefficient (Wildman–Crippen LogP) is 29.1. The largest absolute Gasteiger partial charge is 0.309 e. The smallest absolute Gasteiger partial charge is 0.238 e. The average Bonchev–Trinajstić information content (AvgIpc) is 1.54. The molecule has 0 radical (unpaired) electrons. The monoisotopic (exact) mass is 1680 g/mol. The van der Waals surface area contributed by atoms with Crippen LogP contribution in [0.15, 0.2) is 413 Å². The first-order chi connectivity index (χ1) is 64.9. The number of nitrogens with zero attached hydrogens (tertiary/aromatic N) is 13. The van der Waals surface area contributed by atoms with E-state index >= 15 is 0 Å². The second kappa shape index (κ2) is 29.1. The maximum absolute atomic E-state index is 5.67. The van der Waals surface area contributed by atoms with Crippen LogP contribution in [0.1, 0.15) is 36.5 Å². The minimum atomic E-state index is 0.0531. The van der Waals surface area contributed by atoms with Gasteiger partial charge in [-0.2, -0.15) is 19.9 Å². The van der Waals surface area contributed by atoms with Crippen LogP contribution in [0.25, 0.3) is 239 Å². The Hall–Kier alpha value is -17.4. The Morgan fingerprint density at radius 1 is 0.206 bits per heavy atom. The van der Waals surface area contributed by atoms with E-state index in [1.165, 1.54) is 27.5 Å². The van der Waals surface area contributed by atoms with Gasteiger partial charge < -0.3 is 22.8 Å². The molecular weight excluding hydrogens is 1600 g/mol. The molecule has 0 aliphatic carbocycles. The molecule has 1 unspecified atom stereocenters. The van der Waals surface area contributed by atoms with Gasteiger partial charge in [0.15, 0.2) is 23.3 Å². The van der Waals surface area contributed by atoms with Gasteiger partial charge in [0, 0.05) is 126 Å². The van der Waals surface area contributed by atoms with Gasteiger partial charge in [-0.3, -0.25) is 9.13 Å². The zero-order valence-electron chi connectivity index (χ0n) is 71.4. The molecule has 9 heterocycles. The average molecular weight is 1680 g/mol. The Labute approximate surface area is 750 Å². The fourth-order valence-electron chi connectivity index (χ4n) is 21.2. The lowest BCUT2D eigenvalue weighted by Crippen LogP contribution is -2.06. The molecule has 0 N–H and O–H groups in total. The van der Waals surface area contributed by atoms with Gasteiger partial charge in [-0.25, -0.2) is 9.97 Å². The van der Waals surface area contributed by atoms with Crippen molar-refractivity contribution >= 4 is 153 Å². The Balaban J connectivity index is 0.565. The van der Waals surface area contributed by atoms with Gasteiger partial charge in [-0.05, 0) is 181 Å². The highest BCUT2D eigenvalue weighted by atomic mass is 15.2. The molecule has 0 saturated heterocycles. The molecule has 0 aliphatic heterocycles. The molecule has 131 heavy (non-hydrogen) atoms. The summed E-state index contributed by atoms with van der Waals surface area (Å²) in [5, 5.41) is 15.9. The third-order valence-corrected chi connectivity index (χ3v) is 27.3. The normalized spacial score (nSPS) is 12.4. The third kappa shape index (κ3) is 11.3. The summed E-state index contributed by atoms with van der Waals surface area (Å²) in [7, 11) is 0.